The number of piperidine rings is 1. The minimum Gasteiger partial charge on any atom is -0.492 e. The third-order valence-corrected chi connectivity index (χ3v) is 6.07. The molecule has 7 heteroatoms. The van der Waals surface area contributed by atoms with Crippen LogP contribution in [0.4, 0.5) is 5.69 Å². The number of guanidine groups is 2. The van der Waals surface area contributed by atoms with Crippen LogP contribution < -0.4 is 21.1 Å². The molecule has 0 radical (unpaired) electrons. The van der Waals surface area contributed by atoms with Crippen molar-refractivity contribution in [1.82, 2.24) is 4.90 Å². The molecule has 3 aliphatic rings. The second kappa shape index (κ2) is 8.39. The van der Waals surface area contributed by atoms with Crippen molar-refractivity contribution in [2.75, 3.05) is 31.1 Å². The molecule has 152 valence electrons. The lowest BCUT2D eigenvalue weighted by Gasteiger charge is -2.45. The average Bonchev–Trinajstić information content (AvgIpc) is 2.70. The standard InChI is InChI=1S/C21H32N6O/c22-19-24-20(23)27(21(25-19)11-3-1-4-12-21)17-7-9-18(10-8-17)28-16-15-26-13-5-2-6-14-26/h7-10H,1-6,11-16H2,(H4,22,23,24,25). The predicted octanol–water partition coefficient (Wildman–Crippen LogP) is 2.66. The van der Waals surface area contributed by atoms with Crippen LogP contribution in [0.2, 0.25) is 0 Å². The second-order valence-electron chi connectivity index (χ2n) is 8.06. The Morgan fingerprint density at radius 2 is 1.61 bits per heavy atom. The van der Waals surface area contributed by atoms with Gasteiger partial charge in [-0.15, -0.1) is 0 Å². The van der Waals surface area contributed by atoms with Crippen molar-refractivity contribution < 1.29 is 4.74 Å². The number of ether oxygens (including phenoxy) is 1. The molecule has 0 unspecified atom stereocenters. The maximum Gasteiger partial charge on any atom is 0.220 e. The molecule has 1 aromatic carbocycles. The van der Waals surface area contributed by atoms with E-state index in [0.717, 1.165) is 50.3 Å². The molecule has 0 amide bonds. The van der Waals surface area contributed by atoms with Crippen LogP contribution in [0.25, 0.3) is 0 Å². The number of hydrogen-bond donors (Lipinski definition) is 2. The predicted molar refractivity (Wildman–Crippen MR) is 114 cm³/mol. The average molecular weight is 385 g/mol. The summed E-state index contributed by atoms with van der Waals surface area (Å²) in [4.78, 5) is 13.5. The van der Waals surface area contributed by atoms with Gasteiger partial charge < -0.3 is 16.2 Å². The molecule has 0 atom stereocenters. The zero-order chi connectivity index (χ0) is 19.4. The number of anilines is 1. The van der Waals surface area contributed by atoms with Crippen molar-refractivity contribution in [3.8, 4) is 5.75 Å². The van der Waals surface area contributed by atoms with E-state index in [-0.39, 0.29) is 5.96 Å². The molecule has 4 rings (SSSR count). The van der Waals surface area contributed by atoms with Crippen molar-refractivity contribution in [3.63, 3.8) is 0 Å². The van der Waals surface area contributed by atoms with Crippen LogP contribution in [0.1, 0.15) is 51.4 Å². The van der Waals surface area contributed by atoms with Crippen LogP contribution in [0.15, 0.2) is 34.3 Å². The van der Waals surface area contributed by atoms with E-state index in [9.17, 15) is 0 Å². The third kappa shape index (κ3) is 4.09. The zero-order valence-electron chi connectivity index (χ0n) is 16.6. The summed E-state index contributed by atoms with van der Waals surface area (Å²) in [5, 5.41) is 0. The largest absolute Gasteiger partial charge is 0.492 e. The van der Waals surface area contributed by atoms with Crippen LogP contribution in [0.3, 0.4) is 0 Å². The Bertz CT molecular complexity index is 717. The molecule has 2 aliphatic heterocycles. The van der Waals surface area contributed by atoms with E-state index in [2.05, 4.69) is 14.8 Å². The number of nitrogens with zero attached hydrogens (tertiary/aromatic N) is 4. The fourth-order valence-electron chi connectivity index (χ4n) is 4.66. The molecule has 0 aromatic heterocycles. The Kier molecular flexibility index (Phi) is 5.71. The first-order valence-electron chi connectivity index (χ1n) is 10.6. The van der Waals surface area contributed by atoms with Crippen LogP contribution >= 0.6 is 0 Å². The SMILES string of the molecule is NC1=NC2(CCCCC2)N(c2ccc(OCCN3CCCCC3)cc2)C(N)=N1. The van der Waals surface area contributed by atoms with Gasteiger partial charge in [0.1, 0.15) is 18.0 Å². The van der Waals surface area contributed by atoms with Crippen LogP contribution in [0.5, 0.6) is 5.75 Å². The van der Waals surface area contributed by atoms with Gasteiger partial charge in [0.15, 0.2) is 0 Å². The second-order valence-corrected chi connectivity index (χ2v) is 8.06. The van der Waals surface area contributed by atoms with E-state index in [1.807, 2.05) is 24.3 Å². The van der Waals surface area contributed by atoms with Gasteiger partial charge in [0, 0.05) is 12.2 Å². The number of benzene rings is 1. The first-order valence-corrected chi connectivity index (χ1v) is 10.6. The molecule has 2 fully saturated rings. The summed E-state index contributed by atoms with van der Waals surface area (Å²) in [7, 11) is 0. The number of likely N-dealkylation sites (tertiary alicyclic amines) is 1. The molecule has 1 spiro atoms. The molecule has 4 N–H and O–H groups in total. The monoisotopic (exact) mass is 384 g/mol. The Morgan fingerprint density at radius 1 is 0.929 bits per heavy atom. The first kappa shape index (κ1) is 19.1. The quantitative estimate of drug-likeness (QED) is 0.814. The van der Waals surface area contributed by atoms with Crippen LogP contribution in [-0.4, -0.2) is 48.7 Å². The topological polar surface area (TPSA) is 92.5 Å². The zero-order valence-corrected chi connectivity index (χ0v) is 16.6. The minimum absolute atomic E-state index is 0.285. The van der Waals surface area contributed by atoms with Gasteiger partial charge in [-0.25, -0.2) is 4.99 Å². The summed E-state index contributed by atoms with van der Waals surface area (Å²) in [6, 6.07) is 8.12. The van der Waals surface area contributed by atoms with Gasteiger partial charge in [0.25, 0.3) is 0 Å². The summed E-state index contributed by atoms with van der Waals surface area (Å²) in [5.41, 5.74) is 12.8. The molecule has 1 saturated carbocycles. The van der Waals surface area contributed by atoms with E-state index in [1.54, 1.807) is 0 Å². The lowest BCUT2D eigenvalue weighted by atomic mass is 9.87. The summed E-state index contributed by atoms with van der Waals surface area (Å²) in [6.07, 6.45) is 9.34. The van der Waals surface area contributed by atoms with E-state index in [1.165, 1.54) is 38.8 Å². The summed E-state index contributed by atoms with van der Waals surface area (Å²) in [6.45, 7) is 4.10. The highest BCUT2D eigenvalue weighted by atomic mass is 16.5. The molecule has 7 nitrogen and oxygen atoms in total. The van der Waals surface area contributed by atoms with Crippen molar-refractivity contribution in [3.05, 3.63) is 24.3 Å². The molecule has 2 heterocycles. The molecule has 1 aromatic rings. The van der Waals surface area contributed by atoms with Crippen LogP contribution in [0, 0.1) is 0 Å². The number of aliphatic imine (C=N–C) groups is 2. The van der Waals surface area contributed by atoms with Crippen molar-refractivity contribution in [2.45, 2.75) is 57.0 Å². The van der Waals surface area contributed by atoms with E-state index in [0.29, 0.717) is 5.96 Å². The van der Waals surface area contributed by atoms with Gasteiger partial charge in [-0.1, -0.05) is 12.8 Å². The molecular weight excluding hydrogens is 352 g/mol. The highest BCUT2D eigenvalue weighted by Gasteiger charge is 2.42. The van der Waals surface area contributed by atoms with Crippen molar-refractivity contribution in [1.29, 1.82) is 0 Å². The fourth-order valence-corrected chi connectivity index (χ4v) is 4.66. The molecular formula is C21H32N6O. The Labute approximate surface area is 167 Å². The molecule has 1 aliphatic carbocycles. The highest BCUT2D eigenvalue weighted by Crippen LogP contribution is 2.39. The number of rotatable bonds is 5. The molecule has 28 heavy (non-hydrogen) atoms. The smallest absolute Gasteiger partial charge is 0.220 e. The Balaban J connectivity index is 1.42. The van der Waals surface area contributed by atoms with Crippen molar-refractivity contribution in [2.24, 2.45) is 21.5 Å². The lowest BCUT2D eigenvalue weighted by molar-refractivity contribution is 0.183. The number of nitrogens with two attached hydrogens (primary N) is 2. The van der Waals surface area contributed by atoms with E-state index < -0.39 is 5.66 Å². The van der Waals surface area contributed by atoms with Gasteiger partial charge in [-0.2, -0.15) is 4.99 Å². The van der Waals surface area contributed by atoms with Gasteiger partial charge in [-0.3, -0.25) is 9.80 Å². The summed E-state index contributed by atoms with van der Waals surface area (Å²) >= 11 is 0. The number of hydrogen-bond acceptors (Lipinski definition) is 7. The van der Waals surface area contributed by atoms with Gasteiger partial charge in [0.05, 0.1) is 0 Å². The van der Waals surface area contributed by atoms with Gasteiger partial charge in [-0.05, 0) is 75.9 Å². The molecule has 1 saturated heterocycles. The van der Waals surface area contributed by atoms with E-state index >= 15 is 0 Å². The fraction of sp³-hybridized carbons (Fsp3) is 0.619. The minimum atomic E-state index is -0.398. The maximum atomic E-state index is 6.29. The first-order chi connectivity index (χ1) is 13.7. The van der Waals surface area contributed by atoms with E-state index in [4.69, 9.17) is 21.2 Å². The Morgan fingerprint density at radius 3 is 2.32 bits per heavy atom. The molecule has 0 bridgehead atoms. The normalized spacial score (nSPS) is 22.6. The van der Waals surface area contributed by atoms with Crippen molar-refractivity contribution >= 4 is 17.6 Å². The maximum absolute atomic E-state index is 6.29. The highest BCUT2D eigenvalue weighted by molar-refractivity contribution is 6.05. The van der Waals surface area contributed by atoms with Gasteiger partial charge in [0.2, 0.25) is 11.9 Å². The Hall–Kier alpha value is -2.28. The van der Waals surface area contributed by atoms with Crippen LogP contribution in [-0.2, 0) is 0 Å². The summed E-state index contributed by atoms with van der Waals surface area (Å²) in [5.74, 6) is 1.59. The third-order valence-electron chi connectivity index (χ3n) is 6.07. The summed E-state index contributed by atoms with van der Waals surface area (Å²) < 4.78 is 5.96. The van der Waals surface area contributed by atoms with Gasteiger partial charge >= 0.3 is 0 Å². The lowest BCUT2D eigenvalue weighted by Crippen LogP contribution is -2.58.